The van der Waals surface area contributed by atoms with E-state index in [2.05, 4.69) is 10.3 Å². The Morgan fingerprint density at radius 1 is 1.20 bits per heavy atom. The van der Waals surface area contributed by atoms with Gasteiger partial charge >= 0.3 is 0 Å². The molecule has 0 N–H and O–H groups in total. The predicted molar refractivity (Wildman–Crippen MR) is 96.9 cm³/mol. The van der Waals surface area contributed by atoms with Crippen LogP contribution in [0.15, 0.2) is 35.2 Å². The van der Waals surface area contributed by atoms with Crippen LogP contribution in [0.2, 0.25) is 5.02 Å². The Bertz CT molecular complexity index is 1060. The number of methoxy groups -OCH3 is 1. The number of aryl methyl sites for hydroxylation is 1. The summed E-state index contributed by atoms with van der Waals surface area (Å²) in [5.41, 5.74) is 2.68. The molecule has 0 amide bonds. The Hall–Kier alpha value is -2.12. The average molecular weight is 380 g/mol. The van der Waals surface area contributed by atoms with Gasteiger partial charge in [0.2, 0.25) is 0 Å². The smallest absolute Gasteiger partial charge is 0.288 e. The molecule has 2 aromatic carbocycles. The van der Waals surface area contributed by atoms with Crippen LogP contribution in [-0.2, 0) is 10.0 Å². The lowest BCUT2D eigenvalue weighted by Crippen LogP contribution is -2.16. The average Bonchev–Trinajstić information content (AvgIpc) is 2.97. The van der Waals surface area contributed by atoms with Gasteiger partial charge in [-0.3, -0.25) is 0 Å². The van der Waals surface area contributed by atoms with E-state index in [1.165, 1.54) is 7.11 Å². The Labute approximate surface area is 151 Å². The van der Waals surface area contributed by atoms with Gasteiger partial charge in [-0.1, -0.05) is 30.7 Å². The summed E-state index contributed by atoms with van der Waals surface area (Å²) >= 11 is 5.93. The second-order valence-electron chi connectivity index (χ2n) is 6.08. The van der Waals surface area contributed by atoms with Crippen molar-refractivity contribution >= 4 is 32.7 Å². The topological polar surface area (TPSA) is 74.1 Å². The summed E-state index contributed by atoms with van der Waals surface area (Å²) < 4.78 is 32.6. The molecule has 0 radical (unpaired) electrons. The lowest BCUT2D eigenvalue weighted by atomic mass is 9.98. The maximum atomic E-state index is 13.2. The summed E-state index contributed by atoms with van der Waals surface area (Å²) in [5, 5.41) is 8.20. The zero-order valence-corrected chi connectivity index (χ0v) is 15.9. The number of hydrogen-bond donors (Lipinski definition) is 0. The molecule has 3 aromatic rings. The lowest BCUT2D eigenvalue weighted by molar-refractivity contribution is 0.401. The van der Waals surface area contributed by atoms with Crippen LogP contribution >= 0.6 is 11.6 Å². The molecule has 1 aromatic heterocycles. The van der Waals surface area contributed by atoms with E-state index in [-0.39, 0.29) is 16.6 Å². The highest BCUT2D eigenvalue weighted by Crippen LogP contribution is 2.33. The first-order valence-electron chi connectivity index (χ1n) is 7.70. The van der Waals surface area contributed by atoms with Gasteiger partial charge in [0.15, 0.2) is 0 Å². The lowest BCUT2D eigenvalue weighted by Gasteiger charge is -2.16. The van der Waals surface area contributed by atoms with Crippen molar-refractivity contribution in [2.75, 3.05) is 7.11 Å². The third-order valence-corrected chi connectivity index (χ3v) is 5.89. The molecule has 25 heavy (non-hydrogen) atoms. The molecule has 1 heterocycles. The van der Waals surface area contributed by atoms with Crippen LogP contribution in [0.3, 0.4) is 0 Å². The molecular formula is C17H18ClN3O3S. The highest BCUT2D eigenvalue weighted by Gasteiger charge is 2.27. The summed E-state index contributed by atoms with van der Waals surface area (Å²) in [4.78, 5) is 0.0612. The number of halogens is 1. The van der Waals surface area contributed by atoms with Gasteiger partial charge in [-0.15, -0.1) is 9.19 Å². The van der Waals surface area contributed by atoms with Crippen LogP contribution in [0, 0.1) is 6.92 Å². The molecule has 0 aliphatic rings. The SMILES string of the molecule is COc1cc(C)c(C(C)C)cc1S(=O)(=O)n1nnc2cc(Cl)ccc21. The van der Waals surface area contributed by atoms with E-state index in [4.69, 9.17) is 16.3 Å². The van der Waals surface area contributed by atoms with Crippen LogP contribution in [0.5, 0.6) is 5.75 Å². The molecule has 3 rings (SSSR count). The van der Waals surface area contributed by atoms with Gasteiger partial charge < -0.3 is 4.74 Å². The molecule has 0 unspecified atom stereocenters. The number of nitrogens with zero attached hydrogens (tertiary/aromatic N) is 3. The summed E-state index contributed by atoms with van der Waals surface area (Å²) in [5.74, 6) is 0.450. The Balaban J connectivity index is 2.28. The van der Waals surface area contributed by atoms with Crippen LogP contribution in [0.4, 0.5) is 0 Å². The van der Waals surface area contributed by atoms with E-state index < -0.39 is 10.0 Å². The molecule has 0 bridgehead atoms. The molecule has 0 spiro atoms. The van der Waals surface area contributed by atoms with Crippen molar-refractivity contribution in [2.45, 2.75) is 31.6 Å². The molecule has 6 nitrogen and oxygen atoms in total. The van der Waals surface area contributed by atoms with E-state index in [9.17, 15) is 8.42 Å². The summed E-state index contributed by atoms with van der Waals surface area (Å²) in [6.07, 6.45) is 0. The molecule has 0 aliphatic carbocycles. The van der Waals surface area contributed by atoms with Gasteiger partial charge in [0.25, 0.3) is 10.0 Å². The van der Waals surface area contributed by atoms with E-state index in [0.717, 1.165) is 15.2 Å². The number of hydrogen-bond acceptors (Lipinski definition) is 5. The van der Waals surface area contributed by atoms with Crippen LogP contribution in [0.25, 0.3) is 11.0 Å². The summed E-state index contributed by atoms with van der Waals surface area (Å²) in [7, 11) is -2.53. The Morgan fingerprint density at radius 3 is 2.56 bits per heavy atom. The minimum absolute atomic E-state index is 0.0612. The highest BCUT2D eigenvalue weighted by atomic mass is 35.5. The van der Waals surface area contributed by atoms with Crippen molar-refractivity contribution < 1.29 is 13.2 Å². The fourth-order valence-corrected chi connectivity index (χ4v) is 4.38. The monoisotopic (exact) mass is 379 g/mol. The van der Waals surface area contributed by atoms with Gasteiger partial charge in [-0.2, -0.15) is 8.42 Å². The third-order valence-electron chi connectivity index (χ3n) is 4.06. The normalized spacial score (nSPS) is 12.1. The minimum atomic E-state index is -3.98. The Kier molecular flexibility index (Phi) is 4.47. The number of rotatable bonds is 4. The van der Waals surface area contributed by atoms with Crippen molar-refractivity contribution in [3.8, 4) is 5.75 Å². The van der Waals surface area contributed by atoms with Crippen molar-refractivity contribution in [3.05, 3.63) is 46.5 Å². The number of ether oxygens (including phenoxy) is 1. The largest absolute Gasteiger partial charge is 0.495 e. The molecule has 132 valence electrons. The van der Waals surface area contributed by atoms with Crippen molar-refractivity contribution in [1.82, 2.24) is 14.4 Å². The first-order chi connectivity index (χ1) is 11.8. The first kappa shape index (κ1) is 17.7. The van der Waals surface area contributed by atoms with E-state index in [0.29, 0.717) is 16.1 Å². The van der Waals surface area contributed by atoms with Gasteiger partial charge in [0.1, 0.15) is 21.7 Å². The number of benzene rings is 2. The number of aromatic nitrogens is 3. The van der Waals surface area contributed by atoms with Crippen LogP contribution in [-0.4, -0.2) is 29.9 Å². The first-order valence-corrected chi connectivity index (χ1v) is 9.52. The molecule has 0 fully saturated rings. The fraction of sp³-hybridized carbons (Fsp3) is 0.294. The number of fused-ring (bicyclic) bond motifs is 1. The molecular weight excluding hydrogens is 362 g/mol. The van der Waals surface area contributed by atoms with Gasteiger partial charge in [-0.25, -0.2) is 0 Å². The second-order valence-corrected chi connectivity index (χ2v) is 8.26. The molecule has 8 heteroatoms. The molecule has 0 aliphatic heterocycles. The van der Waals surface area contributed by atoms with Crippen LogP contribution in [0.1, 0.15) is 30.9 Å². The van der Waals surface area contributed by atoms with E-state index in [1.54, 1.807) is 30.3 Å². The van der Waals surface area contributed by atoms with E-state index in [1.807, 2.05) is 20.8 Å². The zero-order valence-electron chi connectivity index (χ0n) is 14.3. The zero-order chi connectivity index (χ0) is 18.4. The highest BCUT2D eigenvalue weighted by molar-refractivity contribution is 7.90. The predicted octanol–water partition coefficient (Wildman–Crippen LogP) is 3.76. The Morgan fingerprint density at radius 2 is 1.92 bits per heavy atom. The minimum Gasteiger partial charge on any atom is -0.495 e. The van der Waals surface area contributed by atoms with Gasteiger partial charge in [0, 0.05) is 5.02 Å². The summed E-state index contributed by atoms with van der Waals surface area (Å²) in [6, 6.07) is 8.14. The molecule has 0 saturated heterocycles. The van der Waals surface area contributed by atoms with Crippen molar-refractivity contribution in [1.29, 1.82) is 0 Å². The molecule has 0 saturated carbocycles. The quantitative estimate of drug-likeness (QED) is 0.689. The maximum absolute atomic E-state index is 13.2. The fourth-order valence-electron chi connectivity index (χ4n) is 2.81. The molecule has 0 atom stereocenters. The van der Waals surface area contributed by atoms with Crippen molar-refractivity contribution in [2.24, 2.45) is 0 Å². The van der Waals surface area contributed by atoms with Crippen LogP contribution < -0.4 is 4.74 Å². The summed E-state index contributed by atoms with van der Waals surface area (Å²) in [6.45, 7) is 5.96. The maximum Gasteiger partial charge on any atom is 0.288 e. The van der Waals surface area contributed by atoms with Crippen molar-refractivity contribution in [3.63, 3.8) is 0 Å². The van der Waals surface area contributed by atoms with E-state index >= 15 is 0 Å². The third kappa shape index (κ3) is 2.98. The van der Waals surface area contributed by atoms with Gasteiger partial charge in [-0.05, 0) is 54.3 Å². The second kappa shape index (κ2) is 6.31. The van der Waals surface area contributed by atoms with Gasteiger partial charge in [0.05, 0.1) is 7.11 Å². The standard InChI is InChI=1S/C17H18ClN3O3S/c1-10(2)13-9-17(16(24-4)7-11(13)3)25(22,23)21-15-6-5-12(18)8-14(15)19-20-21/h5-10H,1-4H3.